The molecule has 1 saturated carbocycles. The Morgan fingerprint density at radius 1 is 1.57 bits per heavy atom. The van der Waals surface area contributed by atoms with Crippen molar-refractivity contribution in [2.24, 2.45) is 5.41 Å². The molecule has 0 bridgehead atoms. The summed E-state index contributed by atoms with van der Waals surface area (Å²) in [5.41, 5.74) is 0.600. The van der Waals surface area contributed by atoms with Crippen LogP contribution in [0, 0.1) is 5.41 Å². The highest BCUT2D eigenvalue weighted by Gasteiger charge is 2.36. The molecule has 1 fully saturated rings. The summed E-state index contributed by atoms with van der Waals surface area (Å²) in [5, 5.41) is 3.60. The van der Waals surface area contributed by atoms with Crippen molar-refractivity contribution in [3.8, 4) is 0 Å². The summed E-state index contributed by atoms with van der Waals surface area (Å²) in [6.07, 6.45) is 2.78. The standard InChI is InChI=1S/C11H16BrNS/c1-8(9-3-4-10(12)14-9)13-7-11(2)5-6-11/h3-4,8,13H,5-7H2,1-2H3. The van der Waals surface area contributed by atoms with Crippen molar-refractivity contribution < 1.29 is 0 Å². The number of halogens is 1. The normalized spacial score (nSPS) is 20.8. The first-order valence-electron chi connectivity index (χ1n) is 5.08. The number of thiophene rings is 1. The lowest BCUT2D eigenvalue weighted by atomic mass is 10.1. The van der Waals surface area contributed by atoms with Gasteiger partial charge in [0, 0.05) is 17.5 Å². The van der Waals surface area contributed by atoms with Gasteiger partial charge in [-0.15, -0.1) is 11.3 Å². The molecule has 1 aromatic heterocycles. The summed E-state index contributed by atoms with van der Waals surface area (Å²) in [6, 6.07) is 4.81. The van der Waals surface area contributed by atoms with Crippen molar-refractivity contribution in [1.29, 1.82) is 0 Å². The molecule has 2 rings (SSSR count). The molecular formula is C11H16BrNS. The van der Waals surface area contributed by atoms with Gasteiger partial charge in [-0.2, -0.15) is 0 Å². The molecule has 1 aliphatic carbocycles. The summed E-state index contributed by atoms with van der Waals surface area (Å²) in [6.45, 7) is 5.75. The molecule has 78 valence electrons. The van der Waals surface area contributed by atoms with Crippen molar-refractivity contribution >= 4 is 27.3 Å². The van der Waals surface area contributed by atoms with E-state index in [0.29, 0.717) is 11.5 Å². The molecule has 0 amide bonds. The first kappa shape index (κ1) is 10.7. The van der Waals surface area contributed by atoms with E-state index in [1.165, 1.54) is 21.5 Å². The van der Waals surface area contributed by atoms with E-state index in [9.17, 15) is 0 Å². The van der Waals surface area contributed by atoms with Crippen LogP contribution in [0.25, 0.3) is 0 Å². The fraction of sp³-hybridized carbons (Fsp3) is 0.636. The Labute approximate surface area is 98.0 Å². The van der Waals surface area contributed by atoms with Gasteiger partial charge in [-0.3, -0.25) is 0 Å². The third kappa shape index (κ3) is 2.59. The maximum absolute atomic E-state index is 3.60. The van der Waals surface area contributed by atoms with Crippen molar-refractivity contribution in [3.05, 3.63) is 20.8 Å². The van der Waals surface area contributed by atoms with Crippen LogP contribution in [0.3, 0.4) is 0 Å². The van der Waals surface area contributed by atoms with Gasteiger partial charge in [0.15, 0.2) is 0 Å². The smallest absolute Gasteiger partial charge is 0.0701 e. The predicted molar refractivity (Wildman–Crippen MR) is 65.8 cm³/mol. The molecule has 14 heavy (non-hydrogen) atoms. The molecule has 3 heteroatoms. The van der Waals surface area contributed by atoms with Crippen molar-refractivity contribution in [2.75, 3.05) is 6.54 Å². The van der Waals surface area contributed by atoms with Gasteiger partial charge in [-0.1, -0.05) is 6.92 Å². The van der Waals surface area contributed by atoms with Gasteiger partial charge >= 0.3 is 0 Å². The minimum absolute atomic E-state index is 0.490. The molecule has 0 spiro atoms. The van der Waals surface area contributed by atoms with Crippen molar-refractivity contribution in [1.82, 2.24) is 5.32 Å². The Hall–Kier alpha value is 0.140. The van der Waals surface area contributed by atoms with Gasteiger partial charge in [0.05, 0.1) is 3.79 Å². The van der Waals surface area contributed by atoms with E-state index in [4.69, 9.17) is 0 Å². The maximum atomic E-state index is 3.60. The predicted octanol–water partition coefficient (Wildman–Crippen LogP) is 3.96. The van der Waals surface area contributed by atoms with Crippen LogP contribution in [-0.2, 0) is 0 Å². The number of hydrogen-bond acceptors (Lipinski definition) is 2. The Kier molecular flexibility index (Phi) is 3.01. The molecule has 0 saturated heterocycles. The lowest BCUT2D eigenvalue weighted by Crippen LogP contribution is -2.24. The first-order chi connectivity index (χ1) is 6.59. The van der Waals surface area contributed by atoms with Gasteiger partial charge in [0.2, 0.25) is 0 Å². The average molecular weight is 274 g/mol. The monoisotopic (exact) mass is 273 g/mol. The summed E-state index contributed by atoms with van der Waals surface area (Å²) in [5.74, 6) is 0. The van der Waals surface area contributed by atoms with Crippen molar-refractivity contribution in [3.63, 3.8) is 0 Å². The van der Waals surface area contributed by atoms with E-state index in [2.05, 4.69) is 47.2 Å². The zero-order valence-corrected chi connectivity index (χ0v) is 11.0. The number of hydrogen-bond donors (Lipinski definition) is 1. The van der Waals surface area contributed by atoms with Gasteiger partial charge in [0.25, 0.3) is 0 Å². The zero-order valence-electron chi connectivity index (χ0n) is 8.64. The largest absolute Gasteiger partial charge is 0.309 e. The second-order valence-electron chi connectivity index (χ2n) is 4.56. The van der Waals surface area contributed by atoms with Gasteiger partial charge in [-0.25, -0.2) is 0 Å². The fourth-order valence-electron chi connectivity index (χ4n) is 1.45. The molecule has 1 aliphatic rings. The first-order valence-corrected chi connectivity index (χ1v) is 6.69. The van der Waals surface area contributed by atoms with Crippen LogP contribution in [0.4, 0.5) is 0 Å². The molecule has 0 radical (unpaired) electrons. The molecule has 0 aliphatic heterocycles. The van der Waals surface area contributed by atoms with Crippen LogP contribution in [0.1, 0.15) is 37.6 Å². The third-order valence-electron chi connectivity index (χ3n) is 2.96. The molecule has 1 N–H and O–H groups in total. The summed E-state index contributed by atoms with van der Waals surface area (Å²) >= 11 is 5.32. The topological polar surface area (TPSA) is 12.0 Å². The summed E-state index contributed by atoms with van der Waals surface area (Å²) < 4.78 is 1.22. The van der Waals surface area contributed by atoms with Crippen LogP contribution in [-0.4, -0.2) is 6.54 Å². The minimum atomic E-state index is 0.490. The lowest BCUT2D eigenvalue weighted by Gasteiger charge is -2.15. The van der Waals surface area contributed by atoms with E-state index in [1.807, 2.05) is 11.3 Å². The van der Waals surface area contributed by atoms with E-state index in [1.54, 1.807) is 0 Å². The van der Waals surface area contributed by atoms with E-state index in [0.717, 1.165) is 6.54 Å². The summed E-state index contributed by atoms with van der Waals surface area (Å²) in [7, 11) is 0. The number of rotatable bonds is 4. The minimum Gasteiger partial charge on any atom is -0.309 e. The van der Waals surface area contributed by atoms with Crippen LogP contribution in [0.5, 0.6) is 0 Å². The third-order valence-corrected chi connectivity index (χ3v) is 4.77. The lowest BCUT2D eigenvalue weighted by molar-refractivity contribution is 0.460. The molecule has 1 aromatic rings. The molecule has 1 heterocycles. The molecule has 0 aromatic carbocycles. The summed E-state index contributed by atoms with van der Waals surface area (Å²) in [4.78, 5) is 1.42. The number of nitrogens with one attached hydrogen (secondary N) is 1. The highest BCUT2D eigenvalue weighted by atomic mass is 79.9. The second kappa shape index (κ2) is 3.95. The highest BCUT2D eigenvalue weighted by molar-refractivity contribution is 9.11. The van der Waals surface area contributed by atoms with Crippen LogP contribution < -0.4 is 5.32 Å². The SMILES string of the molecule is CC(NCC1(C)CC1)c1ccc(Br)s1. The van der Waals surface area contributed by atoms with Gasteiger partial charge in [-0.05, 0) is 53.2 Å². The van der Waals surface area contributed by atoms with Crippen molar-refractivity contribution in [2.45, 2.75) is 32.7 Å². The highest BCUT2D eigenvalue weighted by Crippen LogP contribution is 2.44. The quantitative estimate of drug-likeness (QED) is 0.876. The van der Waals surface area contributed by atoms with E-state index in [-0.39, 0.29) is 0 Å². The maximum Gasteiger partial charge on any atom is 0.0701 e. The molecule has 1 nitrogen and oxygen atoms in total. The average Bonchev–Trinajstić information content (AvgIpc) is 2.71. The van der Waals surface area contributed by atoms with Crippen LogP contribution >= 0.6 is 27.3 Å². The molecule has 1 atom stereocenters. The van der Waals surface area contributed by atoms with Crippen LogP contribution in [0.2, 0.25) is 0 Å². The Morgan fingerprint density at radius 3 is 2.79 bits per heavy atom. The molecule has 1 unspecified atom stereocenters. The fourth-order valence-corrected chi connectivity index (χ4v) is 2.90. The molecular weight excluding hydrogens is 258 g/mol. The Balaban J connectivity index is 1.86. The van der Waals surface area contributed by atoms with E-state index >= 15 is 0 Å². The van der Waals surface area contributed by atoms with Gasteiger partial charge in [0.1, 0.15) is 0 Å². The van der Waals surface area contributed by atoms with Gasteiger partial charge < -0.3 is 5.32 Å². The Morgan fingerprint density at radius 2 is 2.29 bits per heavy atom. The Bertz CT molecular complexity index is 317. The second-order valence-corrected chi connectivity index (χ2v) is 7.05. The van der Waals surface area contributed by atoms with Crippen LogP contribution in [0.15, 0.2) is 15.9 Å². The zero-order chi connectivity index (χ0) is 10.2. The van der Waals surface area contributed by atoms with E-state index < -0.39 is 0 Å².